The fourth-order valence-corrected chi connectivity index (χ4v) is 11.7. The van der Waals surface area contributed by atoms with Crippen molar-refractivity contribution >= 4 is 65.4 Å². The van der Waals surface area contributed by atoms with Crippen molar-refractivity contribution in [2.24, 2.45) is 0 Å². The topological polar surface area (TPSA) is 45.5 Å². The molecule has 0 unspecified atom stereocenters. The minimum atomic E-state index is 0.682. The van der Waals surface area contributed by atoms with Crippen molar-refractivity contribution in [2.75, 3.05) is 0 Å². The van der Waals surface area contributed by atoms with Crippen LogP contribution in [0.5, 0.6) is 0 Å². The Bertz CT molecular complexity index is 4620. The van der Waals surface area contributed by atoms with Crippen LogP contribution in [0.1, 0.15) is 5.56 Å². The molecule has 5 heterocycles. The normalized spacial score (nSPS) is 11.8. The van der Waals surface area contributed by atoms with Crippen LogP contribution in [0.25, 0.3) is 133 Å². The van der Waals surface area contributed by atoms with Gasteiger partial charge in [-0.05, 0) is 127 Å². The molecular formula is C69H46N6. The zero-order valence-electron chi connectivity index (χ0n) is 41.0. The lowest BCUT2D eigenvalue weighted by Gasteiger charge is -2.14. The van der Waals surface area contributed by atoms with Crippen LogP contribution in [0.3, 0.4) is 0 Å². The van der Waals surface area contributed by atoms with Crippen LogP contribution >= 0.6 is 0 Å². The van der Waals surface area contributed by atoms with Crippen LogP contribution in [0.4, 0.5) is 0 Å². The van der Waals surface area contributed by atoms with E-state index in [1.54, 1.807) is 0 Å². The van der Waals surface area contributed by atoms with Crippen molar-refractivity contribution in [1.29, 1.82) is 0 Å². The van der Waals surface area contributed by atoms with Crippen molar-refractivity contribution in [3.8, 4) is 67.8 Å². The molecule has 6 heteroatoms. The average molecular weight is 959 g/mol. The number of aryl methyl sites for hydroxylation is 1. The molecule has 0 aliphatic heterocycles. The molecule has 0 fully saturated rings. The van der Waals surface area contributed by atoms with E-state index >= 15 is 0 Å². The molecule has 15 rings (SSSR count). The summed E-state index contributed by atoms with van der Waals surface area (Å²) in [6.45, 7) is 2.18. The standard InChI is InChI=1S/C69H46N6/c1-45-39-51(69-70-61(46-17-7-2-8-18-46)44-62(71-69)47-19-9-3-10-20-47)41-55(40-45)75-65-33-29-49(42-59(65)56-31-34-63-58(67(56)75)36-38-72(63)52-21-11-4-12-22-52)50-28-32-64-60(43-50)57-30-27-48-35-37-73(53-23-13-5-14-24-53)66(48)68(57)74(64)54-25-15-6-16-26-54/h2-44H,1H3. The average Bonchev–Trinajstić information content (AvgIpc) is 4.36. The maximum absolute atomic E-state index is 5.28. The Morgan fingerprint density at radius 1 is 0.293 bits per heavy atom. The van der Waals surface area contributed by atoms with Crippen LogP contribution in [0.2, 0.25) is 0 Å². The lowest BCUT2D eigenvalue weighted by atomic mass is 10.00. The van der Waals surface area contributed by atoms with Crippen LogP contribution in [-0.2, 0) is 0 Å². The number of para-hydroxylation sites is 3. The number of benzene rings is 10. The Morgan fingerprint density at radius 3 is 1.41 bits per heavy atom. The van der Waals surface area contributed by atoms with Gasteiger partial charge in [0.1, 0.15) is 0 Å². The Kier molecular flexibility index (Phi) is 9.69. The highest BCUT2D eigenvalue weighted by atomic mass is 15.0. The second-order valence-electron chi connectivity index (χ2n) is 19.6. The van der Waals surface area contributed by atoms with Gasteiger partial charge in [-0.3, -0.25) is 0 Å². The highest BCUT2D eigenvalue weighted by Crippen LogP contribution is 2.43. The van der Waals surface area contributed by atoms with Crippen molar-refractivity contribution in [2.45, 2.75) is 6.92 Å². The molecule has 15 aromatic rings. The Labute approximate surface area is 432 Å². The molecule has 0 radical (unpaired) electrons. The van der Waals surface area contributed by atoms with Gasteiger partial charge in [-0.15, -0.1) is 0 Å². The van der Waals surface area contributed by atoms with Gasteiger partial charge in [-0.1, -0.05) is 146 Å². The third kappa shape index (κ3) is 6.95. The summed E-state index contributed by atoms with van der Waals surface area (Å²) in [5.41, 5.74) is 19.7. The predicted molar refractivity (Wildman–Crippen MR) is 311 cm³/mol. The quantitative estimate of drug-likeness (QED) is 0.152. The van der Waals surface area contributed by atoms with Gasteiger partial charge in [0.25, 0.3) is 0 Å². The summed E-state index contributed by atoms with van der Waals surface area (Å²) in [4.78, 5) is 10.6. The van der Waals surface area contributed by atoms with Crippen molar-refractivity contribution in [3.05, 3.63) is 267 Å². The number of aromatic nitrogens is 6. The molecule has 0 aliphatic carbocycles. The third-order valence-corrected chi connectivity index (χ3v) is 15.0. The predicted octanol–water partition coefficient (Wildman–Crippen LogP) is 17.5. The highest BCUT2D eigenvalue weighted by Gasteiger charge is 2.22. The first-order valence-corrected chi connectivity index (χ1v) is 25.6. The van der Waals surface area contributed by atoms with Crippen LogP contribution < -0.4 is 0 Å². The number of hydrogen-bond acceptors (Lipinski definition) is 2. The fraction of sp³-hybridized carbons (Fsp3) is 0.0145. The summed E-state index contributed by atoms with van der Waals surface area (Å²) in [6.07, 6.45) is 4.40. The van der Waals surface area contributed by atoms with E-state index in [9.17, 15) is 0 Å². The van der Waals surface area contributed by atoms with Gasteiger partial charge in [-0.25, -0.2) is 9.97 Å². The van der Waals surface area contributed by atoms with Gasteiger partial charge >= 0.3 is 0 Å². The maximum atomic E-state index is 5.28. The van der Waals surface area contributed by atoms with E-state index in [1.807, 2.05) is 12.1 Å². The third-order valence-electron chi connectivity index (χ3n) is 15.0. The first-order valence-electron chi connectivity index (χ1n) is 25.6. The van der Waals surface area contributed by atoms with Gasteiger partial charge in [-0.2, -0.15) is 0 Å². The Balaban J connectivity index is 0.948. The summed E-state index contributed by atoms with van der Waals surface area (Å²) in [7, 11) is 0. The number of fused-ring (bicyclic) bond motifs is 10. The SMILES string of the molecule is Cc1cc(-c2nc(-c3ccccc3)cc(-c3ccccc3)n2)cc(-n2c3ccc(-c4ccc5c(c4)c4ccc6ccn(-c7ccccc7)c6c4n5-c4ccccc4)cc3c3ccc4c(ccn4-c4ccccc4)c32)c1. The van der Waals surface area contributed by atoms with Crippen LogP contribution in [-0.4, -0.2) is 28.2 Å². The maximum Gasteiger partial charge on any atom is 0.160 e. The second kappa shape index (κ2) is 17.0. The Hall–Kier alpha value is -10.0. The first-order chi connectivity index (χ1) is 37.1. The molecule has 0 amide bonds. The molecule has 0 atom stereocenters. The van der Waals surface area contributed by atoms with Crippen molar-refractivity contribution in [1.82, 2.24) is 28.2 Å². The van der Waals surface area contributed by atoms with E-state index in [0.29, 0.717) is 5.82 Å². The van der Waals surface area contributed by atoms with Gasteiger partial charge in [0.05, 0.1) is 44.5 Å². The van der Waals surface area contributed by atoms with Crippen molar-refractivity contribution < 1.29 is 0 Å². The lowest BCUT2D eigenvalue weighted by Crippen LogP contribution is -1.99. The van der Waals surface area contributed by atoms with E-state index in [1.165, 1.54) is 48.9 Å². The number of hydrogen-bond donors (Lipinski definition) is 0. The minimum absolute atomic E-state index is 0.682. The molecule has 0 aliphatic rings. The minimum Gasteiger partial charge on any atom is -0.316 e. The van der Waals surface area contributed by atoms with Crippen LogP contribution in [0, 0.1) is 6.92 Å². The van der Waals surface area contributed by atoms with Gasteiger partial charge in [0.2, 0.25) is 0 Å². The highest BCUT2D eigenvalue weighted by molar-refractivity contribution is 6.21. The summed E-state index contributed by atoms with van der Waals surface area (Å²) in [6, 6.07) is 89.5. The summed E-state index contributed by atoms with van der Waals surface area (Å²) in [5, 5.41) is 7.17. The molecule has 0 N–H and O–H groups in total. The fourth-order valence-electron chi connectivity index (χ4n) is 11.7. The number of rotatable bonds is 8. The molecule has 75 heavy (non-hydrogen) atoms. The van der Waals surface area contributed by atoms with Gasteiger partial charge in [0, 0.05) is 84.2 Å². The van der Waals surface area contributed by atoms with E-state index in [-0.39, 0.29) is 0 Å². The van der Waals surface area contributed by atoms with E-state index in [2.05, 4.69) is 274 Å². The first kappa shape index (κ1) is 42.6. The lowest BCUT2D eigenvalue weighted by molar-refractivity contribution is 1.12. The molecular weight excluding hydrogens is 913 g/mol. The second-order valence-corrected chi connectivity index (χ2v) is 19.6. The molecule has 0 saturated carbocycles. The monoisotopic (exact) mass is 958 g/mol. The summed E-state index contributed by atoms with van der Waals surface area (Å²) in [5.74, 6) is 0.682. The smallest absolute Gasteiger partial charge is 0.160 e. The summed E-state index contributed by atoms with van der Waals surface area (Å²) < 4.78 is 9.54. The van der Waals surface area contributed by atoms with Gasteiger partial charge < -0.3 is 18.3 Å². The van der Waals surface area contributed by atoms with E-state index < -0.39 is 0 Å². The largest absolute Gasteiger partial charge is 0.316 e. The molecule has 0 saturated heterocycles. The summed E-state index contributed by atoms with van der Waals surface area (Å²) >= 11 is 0. The molecule has 5 aromatic heterocycles. The molecule has 10 aromatic carbocycles. The Morgan fingerprint density at radius 2 is 0.800 bits per heavy atom. The van der Waals surface area contributed by atoms with E-state index in [0.717, 1.165) is 84.1 Å². The van der Waals surface area contributed by atoms with Crippen molar-refractivity contribution in [3.63, 3.8) is 0 Å². The molecule has 352 valence electrons. The van der Waals surface area contributed by atoms with Crippen LogP contribution in [0.15, 0.2) is 261 Å². The zero-order chi connectivity index (χ0) is 49.6. The zero-order valence-corrected chi connectivity index (χ0v) is 41.0. The molecule has 6 nitrogen and oxygen atoms in total. The molecule has 0 spiro atoms. The number of nitrogens with zero attached hydrogens (tertiary/aromatic N) is 6. The van der Waals surface area contributed by atoms with E-state index in [4.69, 9.17) is 9.97 Å². The molecule has 0 bridgehead atoms. The van der Waals surface area contributed by atoms with Gasteiger partial charge in [0.15, 0.2) is 5.82 Å².